The number of rotatable bonds is 3. The van der Waals surface area contributed by atoms with Crippen LogP contribution in [0, 0.1) is 6.92 Å². The second kappa shape index (κ2) is 5.84. The number of anilines is 3. The van der Waals surface area contributed by atoms with E-state index in [0.29, 0.717) is 22.9 Å². The van der Waals surface area contributed by atoms with E-state index in [1.54, 1.807) is 6.07 Å². The molecule has 0 atom stereocenters. The van der Waals surface area contributed by atoms with Crippen molar-refractivity contribution in [3.8, 4) is 11.4 Å². The van der Waals surface area contributed by atoms with Gasteiger partial charge in [-0.1, -0.05) is 0 Å². The van der Waals surface area contributed by atoms with Crippen molar-refractivity contribution in [2.75, 3.05) is 11.1 Å². The second-order valence-corrected chi connectivity index (χ2v) is 5.13. The zero-order valence-corrected chi connectivity index (χ0v) is 12.5. The molecule has 3 rings (SSSR count). The van der Waals surface area contributed by atoms with Crippen LogP contribution in [-0.2, 0) is 6.18 Å². The third-order valence-corrected chi connectivity index (χ3v) is 3.23. The van der Waals surface area contributed by atoms with E-state index in [-0.39, 0.29) is 5.82 Å². The van der Waals surface area contributed by atoms with Crippen molar-refractivity contribution in [2.24, 2.45) is 0 Å². The first-order chi connectivity index (χ1) is 11.3. The molecule has 124 valence electrons. The Labute approximate surface area is 134 Å². The van der Waals surface area contributed by atoms with Crippen LogP contribution in [0.5, 0.6) is 0 Å². The molecule has 2 heterocycles. The smallest absolute Gasteiger partial charge is 0.382 e. The number of nitrogens with one attached hydrogen (secondary N) is 2. The highest BCUT2D eigenvalue weighted by Crippen LogP contribution is 2.30. The van der Waals surface area contributed by atoms with Gasteiger partial charge in [0.1, 0.15) is 11.4 Å². The minimum Gasteiger partial charge on any atom is -0.382 e. The molecule has 0 spiro atoms. The van der Waals surface area contributed by atoms with Gasteiger partial charge in [0.05, 0.1) is 11.8 Å². The number of nitrogen functional groups attached to an aromatic ring is 1. The van der Waals surface area contributed by atoms with Gasteiger partial charge in [-0.25, -0.2) is 9.97 Å². The van der Waals surface area contributed by atoms with Crippen LogP contribution in [0.25, 0.3) is 11.4 Å². The summed E-state index contributed by atoms with van der Waals surface area (Å²) >= 11 is 0. The van der Waals surface area contributed by atoms with Crippen LogP contribution in [0.2, 0.25) is 0 Å². The zero-order chi connectivity index (χ0) is 17.3. The number of H-pyrrole nitrogens is 1. The molecule has 2 aromatic heterocycles. The zero-order valence-electron chi connectivity index (χ0n) is 12.5. The lowest BCUT2D eigenvalue weighted by Gasteiger charge is -2.10. The monoisotopic (exact) mass is 334 g/mol. The summed E-state index contributed by atoms with van der Waals surface area (Å²) in [5, 5.41) is 9.70. The lowest BCUT2D eigenvalue weighted by atomic mass is 10.2. The topological polar surface area (TPSA) is 92.5 Å². The van der Waals surface area contributed by atoms with E-state index >= 15 is 0 Å². The van der Waals surface area contributed by atoms with Crippen LogP contribution in [0.15, 0.2) is 36.5 Å². The summed E-state index contributed by atoms with van der Waals surface area (Å²) in [7, 11) is 0. The minimum absolute atomic E-state index is 0.165. The molecule has 0 aliphatic heterocycles. The quantitative estimate of drug-likeness (QED) is 0.681. The predicted molar refractivity (Wildman–Crippen MR) is 83.5 cm³/mol. The molecule has 4 N–H and O–H groups in total. The summed E-state index contributed by atoms with van der Waals surface area (Å²) in [4.78, 5) is 8.36. The van der Waals surface area contributed by atoms with Gasteiger partial charge in [-0.15, -0.1) is 0 Å². The van der Waals surface area contributed by atoms with Gasteiger partial charge in [0.2, 0.25) is 0 Å². The highest BCUT2D eigenvalue weighted by molar-refractivity contribution is 5.69. The molecule has 0 aliphatic carbocycles. The van der Waals surface area contributed by atoms with Crippen LogP contribution >= 0.6 is 0 Å². The van der Waals surface area contributed by atoms with E-state index in [4.69, 9.17) is 5.73 Å². The van der Waals surface area contributed by atoms with Crippen LogP contribution in [0.3, 0.4) is 0 Å². The molecule has 3 aromatic rings. The number of alkyl halides is 3. The Morgan fingerprint density at radius 1 is 1.17 bits per heavy atom. The Kier molecular flexibility index (Phi) is 3.84. The fourth-order valence-corrected chi connectivity index (χ4v) is 2.09. The number of aromatic amines is 1. The molecule has 0 aliphatic rings. The highest BCUT2D eigenvalue weighted by atomic mass is 19.4. The Bertz CT molecular complexity index is 854. The third kappa shape index (κ3) is 3.29. The average molecular weight is 334 g/mol. The Hall–Kier alpha value is -3.10. The molecule has 6 nitrogen and oxygen atoms in total. The molecule has 1 aromatic carbocycles. The van der Waals surface area contributed by atoms with Crippen molar-refractivity contribution in [1.82, 2.24) is 20.2 Å². The van der Waals surface area contributed by atoms with E-state index in [1.165, 1.54) is 18.3 Å². The van der Waals surface area contributed by atoms with Crippen molar-refractivity contribution in [3.05, 3.63) is 47.8 Å². The fourth-order valence-electron chi connectivity index (χ4n) is 2.09. The lowest BCUT2D eigenvalue weighted by molar-refractivity contribution is -0.137. The van der Waals surface area contributed by atoms with Gasteiger partial charge in [-0.05, 0) is 37.3 Å². The third-order valence-electron chi connectivity index (χ3n) is 3.23. The summed E-state index contributed by atoms with van der Waals surface area (Å²) in [5.41, 5.74) is 7.46. The number of hydrogen-bond acceptors (Lipinski definition) is 5. The molecule has 9 heteroatoms. The summed E-state index contributed by atoms with van der Waals surface area (Å²) in [6, 6.07) is 6.38. The fraction of sp³-hybridized carbons (Fsp3) is 0.133. The van der Waals surface area contributed by atoms with Gasteiger partial charge in [-0.3, -0.25) is 5.10 Å². The number of aromatic nitrogens is 4. The van der Waals surface area contributed by atoms with Crippen LogP contribution in [0.4, 0.5) is 30.5 Å². The summed E-state index contributed by atoms with van der Waals surface area (Å²) < 4.78 is 37.6. The number of benzene rings is 1. The van der Waals surface area contributed by atoms with Crippen molar-refractivity contribution in [1.29, 1.82) is 0 Å². The van der Waals surface area contributed by atoms with Crippen LogP contribution in [-0.4, -0.2) is 20.2 Å². The van der Waals surface area contributed by atoms with Gasteiger partial charge in [0.15, 0.2) is 11.6 Å². The number of halogens is 3. The Balaban J connectivity index is 1.80. The van der Waals surface area contributed by atoms with E-state index in [1.807, 2.05) is 6.92 Å². The molecule has 0 saturated carbocycles. The highest BCUT2D eigenvalue weighted by Gasteiger charge is 2.29. The summed E-state index contributed by atoms with van der Waals surface area (Å²) in [6.07, 6.45) is -2.93. The summed E-state index contributed by atoms with van der Waals surface area (Å²) in [6.45, 7) is 1.85. The van der Waals surface area contributed by atoms with Crippen molar-refractivity contribution >= 4 is 17.3 Å². The molecule has 0 radical (unpaired) electrons. The first-order valence-corrected chi connectivity index (χ1v) is 6.92. The minimum atomic E-state index is -4.37. The van der Waals surface area contributed by atoms with Gasteiger partial charge in [0.25, 0.3) is 0 Å². The number of hydrogen-bond donors (Lipinski definition) is 3. The van der Waals surface area contributed by atoms with E-state index in [9.17, 15) is 13.2 Å². The number of nitrogens with two attached hydrogens (primary N) is 1. The maximum absolute atomic E-state index is 12.5. The molecule has 0 unspecified atom stereocenters. The number of nitrogens with zero attached hydrogens (tertiary/aromatic N) is 3. The first kappa shape index (κ1) is 15.8. The van der Waals surface area contributed by atoms with E-state index in [0.717, 1.165) is 17.8 Å². The molecule has 0 fully saturated rings. The number of aryl methyl sites for hydroxylation is 1. The van der Waals surface area contributed by atoms with E-state index in [2.05, 4.69) is 25.5 Å². The van der Waals surface area contributed by atoms with Crippen molar-refractivity contribution in [3.63, 3.8) is 0 Å². The second-order valence-electron chi connectivity index (χ2n) is 5.13. The van der Waals surface area contributed by atoms with Crippen molar-refractivity contribution < 1.29 is 13.2 Å². The SMILES string of the molecule is Cc1cc(-c2ncc(Nc3ccc(C(F)(F)F)cc3)nc2N)n[nH]1. The summed E-state index contributed by atoms with van der Waals surface area (Å²) in [5.74, 6) is 0.488. The normalized spacial score (nSPS) is 11.5. The average Bonchev–Trinajstić information content (AvgIpc) is 2.93. The maximum atomic E-state index is 12.5. The maximum Gasteiger partial charge on any atom is 0.416 e. The van der Waals surface area contributed by atoms with Gasteiger partial charge < -0.3 is 11.1 Å². The Morgan fingerprint density at radius 2 is 1.88 bits per heavy atom. The molecular formula is C15H13F3N6. The lowest BCUT2D eigenvalue weighted by Crippen LogP contribution is -2.05. The largest absolute Gasteiger partial charge is 0.416 e. The first-order valence-electron chi connectivity index (χ1n) is 6.92. The van der Waals surface area contributed by atoms with Gasteiger partial charge >= 0.3 is 6.18 Å². The molecule has 0 bridgehead atoms. The molecule has 0 amide bonds. The molecule has 24 heavy (non-hydrogen) atoms. The standard InChI is InChI=1S/C15H13F3N6/c1-8-6-11(24-23-8)13-14(19)22-12(7-20-13)21-10-4-2-9(3-5-10)15(16,17)18/h2-7H,1H3,(H,23,24)(H3,19,21,22). The predicted octanol–water partition coefficient (Wildman–Crippen LogP) is 3.52. The molecule has 0 saturated heterocycles. The van der Waals surface area contributed by atoms with Gasteiger partial charge in [-0.2, -0.15) is 18.3 Å². The van der Waals surface area contributed by atoms with Crippen LogP contribution in [0.1, 0.15) is 11.3 Å². The Morgan fingerprint density at radius 3 is 2.42 bits per heavy atom. The van der Waals surface area contributed by atoms with Crippen molar-refractivity contribution in [2.45, 2.75) is 13.1 Å². The molecular weight excluding hydrogens is 321 g/mol. The van der Waals surface area contributed by atoms with Gasteiger partial charge in [0, 0.05) is 11.4 Å². The van der Waals surface area contributed by atoms with E-state index < -0.39 is 11.7 Å². The van der Waals surface area contributed by atoms with Crippen LogP contribution < -0.4 is 11.1 Å².